The Morgan fingerprint density at radius 2 is 1.39 bits per heavy atom. The normalized spacial score (nSPS) is 11.9. The Kier molecular flexibility index (Phi) is 9.05. The van der Waals surface area contributed by atoms with Crippen molar-refractivity contribution < 1.29 is 0 Å². The van der Waals surface area contributed by atoms with E-state index in [1.807, 2.05) is 2.45 Å². The summed E-state index contributed by atoms with van der Waals surface area (Å²) in [5.74, 6) is 0. The summed E-state index contributed by atoms with van der Waals surface area (Å²) in [6, 6.07) is 4.89. The molecular weight excluding hydrogens is 390 g/mol. The molecule has 1 heterocycles. The fourth-order valence-corrected chi connectivity index (χ4v) is 27.7. The van der Waals surface area contributed by atoms with E-state index in [-0.39, 0.29) is 0 Å². The molecule has 1 aromatic heterocycles. The summed E-state index contributed by atoms with van der Waals surface area (Å²) in [5, 5.41) is 0. The van der Waals surface area contributed by atoms with Gasteiger partial charge in [0, 0.05) is 0 Å². The van der Waals surface area contributed by atoms with E-state index in [0.717, 1.165) is 14.5 Å². The second-order valence-corrected chi connectivity index (χ2v) is 23.0. The molecule has 0 saturated carbocycles. The van der Waals surface area contributed by atoms with Gasteiger partial charge in [-0.15, -0.1) is 0 Å². The van der Waals surface area contributed by atoms with Gasteiger partial charge in [0.25, 0.3) is 0 Å². The van der Waals surface area contributed by atoms with Gasteiger partial charge in [0.05, 0.1) is 0 Å². The summed E-state index contributed by atoms with van der Waals surface area (Å²) in [4.78, 5) is 2.46. The number of unbranched alkanes of at least 4 members (excludes halogenated alkanes) is 3. The van der Waals surface area contributed by atoms with Gasteiger partial charge in [-0.2, -0.15) is 0 Å². The van der Waals surface area contributed by atoms with Gasteiger partial charge >= 0.3 is 125 Å². The second kappa shape index (κ2) is 9.66. The van der Waals surface area contributed by atoms with E-state index in [1.54, 1.807) is 13.3 Å². The number of hydrogen-bond acceptors (Lipinski definition) is 0. The third kappa shape index (κ3) is 5.06. The first-order valence-corrected chi connectivity index (χ1v) is 17.2. The summed E-state index contributed by atoms with van der Waals surface area (Å²) >= 11 is -1.21. The van der Waals surface area contributed by atoms with Crippen LogP contribution in [0.2, 0.25) is 13.3 Å². The molecule has 18 heavy (non-hydrogen) atoms. The van der Waals surface area contributed by atoms with Crippen LogP contribution in [0.5, 0.6) is 0 Å². The van der Waals surface area contributed by atoms with Crippen LogP contribution in [0.1, 0.15) is 59.3 Å². The average Bonchev–Trinajstić information content (AvgIpc) is 2.93. The van der Waals surface area contributed by atoms with Crippen molar-refractivity contribution in [1.82, 2.24) is 0 Å². The van der Waals surface area contributed by atoms with Crippen LogP contribution in [0, 0.1) is 0 Å². The molecule has 2 heteroatoms. The van der Waals surface area contributed by atoms with E-state index >= 15 is 0 Å². The number of rotatable bonds is 10. The van der Waals surface area contributed by atoms with Crippen LogP contribution in [0.4, 0.5) is 0 Å². The van der Waals surface area contributed by atoms with Crippen molar-refractivity contribution in [1.29, 1.82) is 0 Å². The van der Waals surface area contributed by atoms with Crippen molar-refractivity contribution in [2.75, 3.05) is 0 Å². The minimum absolute atomic E-state index is 0.741. The Bertz CT molecular complexity index is 270. The molecule has 0 fully saturated rings. The van der Waals surface area contributed by atoms with Crippen LogP contribution in [0.3, 0.4) is 0 Å². The zero-order valence-electron chi connectivity index (χ0n) is 12.5. The maximum atomic E-state index is 2.54. The van der Waals surface area contributed by atoms with E-state index in [4.69, 9.17) is 0 Å². The van der Waals surface area contributed by atoms with Gasteiger partial charge in [-0.1, -0.05) is 0 Å². The van der Waals surface area contributed by atoms with E-state index in [1.165, 1.54) is 38.5 Å². The third-order valence-electron chi connectivity index (χ3n) is 4.07. The molecule has 0 amide bonds. The quantitative estimate of drug-likeness (QED) is 0.478. The molecule has 0 saturated heterocycles. The van der Waals surface area contributed by atoms with Gasteiger partial charge in [-0.05, 0) is 0 Å². The van der Waals surface area contributed by atoms with Crippen LogP contribution in [-0.2, 0) is 0 Å². The fraction of sp³-hybridized carbons (Fsp3) is 0.750. The SMILES string of the molecule is CCC[CH2][Sn]([CH2]CCC)([CH2]CCC)[c]1ccc[se]1. The van der Waals surface area contributed by atoms with Crippen molar-refractivity contribution in [3.05, 3.63) is 17.1 Å². The molecule has 104 valence electrons. The van der Waals surface area contributed by atoms with Gasteiger partial charge in [-0.25, -0.2) is 0 Å². The Morgan fingerprint density at radius 3 is 1.72 bits per heavy atom. The summed E-state index contributed by atoms with van der Waals surface area (Å²) in [6.45, 7) is 7.09. The van der Waals surface area contributed by atoms with E-state index in [0.29, 0.717) is 0 Å². The van der Waals surface area contributed by atoms with Gasteiger partial charge in [0.15, 0.2) is 0 Å². The first kappa shape index (κ1) is 16.9. The van der Waals surface area contributed by atoms with Gasteiger partial charge in [0.1, 0.15) is 0 Å². The summed E-state index contributed by atoms with van der Waals surface area (Å²) in [7, 11) is 0. The molecule has 0 nitrogen and oxygen atoms in total. The van der Waals surface area contributed by atoms with Crippen LogP contribution < -0.4 is 2.45 Å². The molecule has 0 unspecified atom stereocenters. The molecule has 0 spiro atoms. The molecule has 1 rings (SSSR count). The van der Waals surface area contributed by atoms with Crippen LogP contribution in [0.25, 0.3) is 0 Å². The van der Waals surface area contributed by atoms with Crippen LogP contribution >= 0.6 is 0 Å². The molecule has 0 aliphatic carbocycles. The Hall–Kier alpha value is 0.798. The van der Waals surface area contributed by atoms with Crippen molar-refractivity contribution in [3.8, 4) is 0 Å². The maximum absolute atomic E-state index is 2.54. The average molecular weight is 420 g/mol. The van der Waals surface area contributed by atoms with E-state index in [2.05, 4.69) is 37.8 Å². The summed E-state index contributed by atoms with van der Waals surface area (Å²) in [5.41, 5.74) is 0. The van der Waals surface area contributed by atoms with Crippen molar-refractivity contribution >= 4 is 35.3 Å². The van der Waals surface area contributed by atoms with Gasteiger partial charge in [-0.3, -0.25) is 0 Å². The third-order valence-corrected chi connectivity index (χ3v) is 28.0. The molecule has 0 radical (unpaired) electrons. The number of hydrogen-bond donors (Lipinski definition) is 0. The minimum atomic E-state index is -1.95. The predicted octanol–water partition coefficient (Wildman–Crippen LogP) is 4.80. The molecular formula is C16H30SeSn. The molecule has 0 aliphatic heterocycles. The first-order chi connectivity index (χ1) is 8.79. The van der Waals surface area contributed by atoms with E-state index in [9.17, 15) is 0 Å². The van der Waals surface area contributed by atoms with Gasteiger partial charge < -0.3 is 0 Å². The molecule has 0 aliphatic rings. The molecule has 0 bridgehead atoms. The monoisotopic (exact) mass is 422 g/mol. The Labute approximate surface area is 124 Å². The van der Waals surface area contributed by atoms with Crippen molar-refractivity contribution in [2.45, 2.75) is 72.6 Å². The van der Waals surface area contributed by atoms with Crippen molar-refractivity contribution in [2.24, 2.45) is 0 Å². The summed E-state index contributed by atoms with van der Waals surface area (Å²) < 4.78 is 6.92. The standard InChI is InChI=1S/C4H3Se.3C4H9.Sn/c1-2-4-5-3-1;3*1-3-4-2;/h1-3H;3*1,3-4H2,2H3;. The van der Waals surface area contributed by atoms with Crippen molar-refractivity contribution in [3.63, 3.8) is 0 Å². The predicted molar refractivity (Wildman–Crippen MR) is 87.9 cm³/mol. The zero-order valence-corrected chi connectivity index (χ0v) is 17.1. The molecule has 0 N–H and O–H groups in total. The summed E-state index contributed by atoms with van der Waals surface area (Å²) in [6.07, 6.45) is 8.67. The Balaban J connectivity index is 2.84. The topological polar surface area (TPSA) is 0 Å². The molecule has 0 atom stereocenters. The van der Waals surface area contributed by atoms with Crippen LogP contribution in [0.15, 0.2) is 17.1 Å². The zero-order chi connectivity index (χ0) is 13.3. The Morgan fingerprint density at radius 1 is 0.889 bits per heavy atom. The van der Waals surface area contributed by atoms with Gasteiger partial charge in [0.2, 0.25) is 0 Å². The van der Waals surface area contributed by atoms with E-state index < -0.39 is 18.4 Å². The second-order valence-electron chi connectivity index (χ2n) is 5.57. The first-order valence-electron chi connectivity index (χ1n) is 7.83. The van der Waals surface area contributed by atoms with Crippen LogP contribution in [-0.4, -0.2) is 32.9 Å². The molecule has 0 aromatic carbocycles. The fourth-order valence-electron chi connectivity index (χ4n) is 2.87. The molecule has 1 aromatic rings.